The van der Waals surface area contributed by atoms with Gasteiger partial charge in [0.15, 0.2) is 0 Å². The zero-order chi connectivity index (χ0) is 14.7. The van der Waals surface area contributed by atoms with Crippen molar-refractivity contribution in [2.45, 2.75) is 5.92 Å². The van der Waals surface area contributed by atoms with Crippen LogP contribution in [0.15, 0.2) is 78.9 Å². The zero-order valence-corrected chi connectivity index (χ0v) is 12.9. The maximum atomic E-state index is 6.44. The summed E-state index contributed by atoms with van der Waals surface area (Å²) >= 11 is 12.5. The van der Waals surface area contributed by atoms with Gasteiger partial charge in [0, 0.05) is 16.0 Å². The summed E-state index contributed by atoms with van der Waals surface area (Å²) in [5.74, 6) is 0.108. The van der Waals surface area contributed by atoms with Gasteiger partial charge in [-0.3, -0.25) is 0 Å². The van der Waals surface area contributed by atoms with E-state index in [-0.39, 0.29) is 5.92 Å². The van der Waals surface area contributed by atoms with Gasteiger partial charge < -0.3 is 0 Å². The maximum absolute atomic E-state index is 6.44. The predicted octanol–water partition coefficient (Wildman–Crippen LogP) is 6.17. The first-order valence-electron chi connectivity index (χ1n) is 6.80. The van der Waals surface area contributed by atoms with Gasteiger partial charge in [-0.05, 0) is 28.8 Å². The molecule has 0 nitrogen and oxygen atoms in total. The summed E-state index contributed by atoms with van der Waals surface area (Å²) in [6, 6.07) is 26.5. The highest BCUT2D eigenvalue weighted by atomic mass is 35.5. The first kappa shape index (κ1) is 14.2. The topological polar surface area (TPSA) is 0 Å². The van der Waals surface area contributed by atoms with Crippen molar-refractivity contribution in [1.82, 2.24) is 0 Å². The number of benzene rings is 3. The Labute approximate surface area is 135 Å². The lowest BCUT2D eigenvalue weighted by Gasteiger charge is -2.20. The molecule has 104 valence electrons. The highest BCUT2D eigenvalue weighted by Crippen LogP contribution is 2.36. The lowest BCUT2D eigenvalue weighted by atomic mass is 9.85. The summed E-state index contributed by atoms with van der Waals surface area (Å²) < 4.78 is 0. The highest BCUT2D eigenvalue weighted by molar-refractivity contribution is 6.35. The molecule has 0 unspecified atom stereocenters. The van der Waals surface area contributed by atoms with Crippen LogP contribution in [0.5, 0.6) is 0 Å². The molecule has 0 fully saturated rings. The summed E-state index contributed by atoms with van der Waals surface area (Å²) in [6.45, 7) is 0. The first-order chi connectivity index (χ1) is 10.3. The molecule has 3 rings (SSSR count). The van der Waals surface area contributed by atoms with Crippen molar-refractivity contribution in [1.29, 1.82) is 0 Å². The molecule has 0 bridgehead atoms. The molecule has 0 saturated heterocycles. The van der Waals surface area contributed by atoms with E-state index < -0.39 is 0 Å². The Kier molecular flexibility index (Phi) is 4.28. The van der Waals surface area contributed by atoms with Crippen LogP contribution in [0.1, 0.15) is 22.6 Å². The molecule has 0 aliphatic rings. The lowest BCUT2D eigenvalue weighted by molar-refractivity contribution is 0.978. The quantitative estimate of drug-likeness (QED) is 0.507. The van der Waals surface area contributed by atoms with Gasteiger partial charge in [0.2, 0.25) is 0 Å². The van der Waals surface area contributed by atoms with Gasteiger partial charge in [0.1, 0.15) is 0 Å². The van der Waals surface area contributed by atoms with Gasteiger partial charge in [0.05, 0.1) is 0 Å². The summed E-state index contributed by atoms with van der Waals surface area (Å²) in [5, 5.41) is 1.35. The Hall–Kier alpha value is -1.76. The molecule has 0 aliphatic heterocycles. The molecule has 3 aromatic rings. The van der Waals surface area contributed by atoms with Crippen LogP contribution in [0, 0.1) is 0 Å². The molecule has 0 atom stereocenters. The molecule has 0 heterocycles. The fourth-order valence-corrected chi connectivity index (χ4v) is 3.10. The van der Waals surface area contributed by atoms with E-state index in [1.165, 1.54) is 11.1 Å². The Morgan fingerprint density at radius 2 is 1.14 bits per heavy atom. The molecule has 0 spiro atoms. The molecule has 0 saturated carbocycles. The maximum Gasteiger partial charge on any atom is 0.0462 e. The molecule has 3 aromatic carbocycles. The lowest BCUT2D eigenvalue weighted by Crippen LogP contribution is -2.03. The molecule has 0 aliphatic carbocycles. The third kappa shape index (κ3) is 3.12. The van der Waals surface area contributed by atoms with E-state index in [1.807, 2.05) is 24.3 Å². The Morgan fingerprint density at radius 1 is 0.619 bits per heavy atom. The smallest absolute Gasteiger partial charge is 0.0462 e. The van der Waals surface area contributed by atoms with E-state index in [0.717, 1.165) is 5.56 Å². The fourth-order valence-electron chi connectivity index (χ4n) is 2.58. The van der Waals surface area contributed by atoms with Gasteiger partial charge in [-0.2, -0.15) is 0 Å². The van der Waals surface area contributed by atoms with E-state index in [2.05, 4.69) is 48.5 Å². The molecule has 2 heteroatoms. The van der Waals surface area contributed by atoms with Crippen LogP contribution in [0.2, 0.25) is 10.0 Å². The van der Waals surface area contributed by atoms with E-state index >= 15 is 0 Å². The fraction of sp³-hybridized carbons (Fsp3) is 0.0526. The standard InChI is InChI=1S/C19H14Cl2/c20-16-11-12-17(18(21)13-16)19(14-7-3-1-4-8-14)15-9-5-2-6-10-15/h1-13,19H. The summed E-state index contributed by atoms with van der Waals surface area (Å²) in [7, 11) is 0. The van der Waals surface area contributed by atoms with E-state index in [9.17, 15) is 0 Å². The first-order valence-corrected chi connectivity index (χ1v) is 7.56. The van der Waals surface area contributed by atoms with Crippen molar-refractivity contribution >= 4 is 23.2 Å². The van der Waals surface area contributed by atoms with Gasteiger partial charge in [-0.15, -0.1) is 0 Å². The summed E-state index contributed by atoms with van der Waals surface area (Å²) in [6.07, 6.45) is 0. The zero-order valence-electron chi connectivity index (χ0n) is 11.3. The minimum absolute atomic E-state index is 0.108. The predicted molar refractivity (Wildman–Crippen MR) is 90.3 cm³/mol. The van der Waals surface area contributed by atoms with Crippen LogP contribution < -0.4 is 0 Å². The van der Waals surface area contributed by atoms with Crippen LogP contribution in [-0.4, -0.2) is 0 Å². The average Bonchev–Trinajstić information content (AvgIpc) is 2.52. The van der Waals surface area contributed by atoms with Crippen LogP contribution in [-0.2, 0) is 0 Å². The van der Waals surface area contributed by atoms with Crippen molar-refractivity contribution in [2.75, 3.05) is 0 Å². The highest BCUT2D eigenvalue weighted by Gasteiger charge is 2.19. The molecule has 0 N–H and O–H groups in total. The van der Waals surface area contributed by atoms with Gasteiger partial charge in [-0.25, -0.2) is 0 Å². The second-order valence-electron chi connectivity index (χ2n) is 4.92. The average molecular weight is 313 g/mol. The SMILES string of the molecule is Clc1ccc(C(c2ccccc2)c2ccccc2)c(Cl)c1. The Balaban J connectivity index is 2.17. The van der Waals surface area contributed by atoms with Crippen LogP contribution in [0.3, 0.4) is 0 Å². The van der Waals surface area contributed by atoms with E-state index in [0.29, 0.717) is 10.0 Å². The number of hydrogen-bond acceptors (Lipinski definition) is 0. The van der Waals surface area contributed by atoms with Crippen molar-refractivity contribution < 1.29 is 0 Å². The minimum Gasteiger partial charge on any atom is -0.0843 e. The van der Waals surface area contributed by atoms with Gasteiger partial charge >= 0.3 is 0 Å². The van der Waals surface area contributed by atoms with Crippen molar-refractivity contribution in [3.63, 3.8) is 0 Å². The third-order valence-corrected chi connectivity index (χ3v) is 4.10. The van der Waals surface area contributed by atoms with Crippen LogP contribution in [0.4, 0.5) is 0 Å². The van der Waals surface area contributed by atoms with Gasteiger partial charge in [0.25, 0.3) is 0 Å². The van der Waals surface area contributed by atoms with Crippen molar-refractivity contribution in [3.05, 3.63) is 106 Å². The normalized spacial score (nSPS) is 10.8. The summed E-state index contributed by atoms with van der Waals surface area (Å²) in [4.78, 5) is 0. The Bertz CT molecular complexity index is 682. The third-order valence-electron chi connectivity index (χ3n) is 3.54. The van der Waals surface area contributed by atoms with E-state index in [1.54, 1.807) is 6.07 Å². The second kappa shape index (κ2) is 6.34. The second-order valence-corrected chi connectivity index (χ2v) is 5.76. The molecule has 0 aromatic heterocycles. The molecular formula is C19H14Cl2. The minimum atomic E-state index is 0.108. The van der Waals surface area contributed by atoms with Crippen molar-refractivity contribution in [3.8, 4) is 0 Å². The molecule has 21 heavy (non-hydrogen) atoms. The monoisotopic (exact) mass is 312 g/mol. The largest absolute Gasteiger partial charge is 0.0843 e. The number of rotatable bonds is 3. The Morgan fingerprint density at radius 3 is 1.62 bits per heavy atom. The van der Waals surface area contributed by atoms with Crippen LogP contribution in [0.25, 0.3) is 0 Å². The number of hydrogen-bond donors (Lipinski definition) is 0. The molecular weight excluding hydrogens is 299 g/mol. The van der Waals surface area contributed by atoms with E-state index in [4.69, 9.17) is 23.2 Å². The van der Waals surface area contributed by atoms with Crippen LogP contribution >= 0.6 is 23.2 Å². The molecule has 0 radical (unpaired) electrons. The van der Waals surface area contributed by atoms with Gasteiger partial charge in [-0.1, -0.05) is 89.9 Å². The molecule has 0 amide bonds. The summed E-state index contributed by atoms with van der Waals surface area (Å²) in [5.41, 5.74) is 3.50. The number of halogens is 2. The van der Waals surface area contributed by atoms with Crippen molar-refractivity contribution in [2.24, 2.45) is 0 Å².